The second-order valence-corrected chi connectivity index (χ2v) is 11.7. The van der Waals surface area contributed by atoms with Crippen molar-refractivity contribution in [2.24, 2.45) is 0 Å². The van der Waals surface area contributed by atoms with Crippen LogP contribution in [0, 0.1) is 0 Å². The van der Waals surface area contributed by atoms with Crippen molar-refractivity contribution < 1.29 is 8.83 Å². The van der Waals surface area contributed by atoms with E-state index < -0.39 is 0 Å². The van der Waals surface area contributed by atoms with Crippen LogP contribution in [0.25, 0.3) is 105 Å². The molecule has 4 heterocycles. The van der Waals surface area contributed by atoms with Crippen LogP contribution in [-0.4, -0.2) is 14.5 Å². The lowest BCUT2D eigenvalue weighted by atomic mass is 10.00. The highest BCUT2D eigenvalue weighted by atomic mass is 16.3. The predicted octanol–water partition coefficient (Wildman–Crippen LogP) is 10.8. The third-order valence-corrected chi connectivity index (χ3v) is 9.35. The fraction of sp³-hybridized carbons (Fsp3) is 0. The molecule has 5 nitrogen and oxygen atoms in total. The van der Waals surface area contributed by atoms with Gasteiger partial charge in [0.1, 0.15) is 28.0 Å². The van der Waals surface area contributed by atoms with Crippen LogP contribution in [0.4, 0.5) is 0 Å². The molecule has 5 heteroatoms. The minimum atomic E-state index is 0.761. The molecule has 45 heavy (non-hydrogen) atoms. The molecule has 0 radical (unpaired) electrons. The molecule has 0 fully saturated rings. The van der Waals surface area contributed by atoms with Crippen LogP contribution >= 0.6 is 0 Å². The van der Waals surface area contributed by atoms with Crippen molar-refractivity contribution in [2.45, 2.75) is 0 Å². The summed E-state index contributed by atoms with van der Waals surface area (Å²) in [6.07, 6.45) is 0. The average molecular weight is 576 g/mol. The van der Waals surface area contributed by atoms with Crippen molar-refractivity contribution >= 4 is 87.5 Å². The number of hydrogen-bond acceptors (Lipinski definition) is 4. The lowest BCUT2D eigenvalue weighted by Crippen LogP contribution is -2.04. The molecule has 0 N–H and O–H groups in total. The quantitative estimate of drug-likeness (QED) is 0.206. The van der Waals surface area contributed by atoms with E-state index in [-0.39, 0.29) is 0 Å². The van der Waals surface area contributed by atoms with Gasteiger partial charge in [0.15, 0.2) is 5.82 Å². The van der Waals surface area contributed by atoms with E-state index in [4.69, 9.17) is 18.8 Å². The number of furan rings is 1. The molecule has 0 bridgehead atoms. The fourth-order valence-electron chi connectivity index (χ4n) is 7.46. The molecule has 0 saturated heterocycles. The molecule has 0 spiro atoms. The van der Waals surface area contributed by atoms with Crippen molar-refractivity contribution in [3.63, 3.8) is 0 Å². The van der Waals surface area contributed by atoms with Gasteiger partial charge in [-0.05, 0) is 59.3 Å². The Hall–Kier alpha value is -6.20. The Kier molecular flexibility index (Phi) is 4.26. The van der Waals surface area contributed by atoms with Crippen LogP contribution in [0.5, 0.6) is 0 Å². The normalized spacial score (nSPS) is 12.4. The Balaban J connectivity index is 1.37. The molecule has 0 aliphatic heterocycles. The topological polar surface area (TPSA) is 57.0 Å². The number of hydrogen-bond donors (Lipinski definition) is 0. The molecular formula is C40H21N3O2. The number of fused-ring (bicyclic) bond motifs is 4. The summed E-state index contributed by atoms with van der Waals surface area (Å²) >= 11 is 0. The SMILES string of the molecule is c1ccc2nc(-n3c4ccc5cccc6oc7cccc8ccc3c(c87)c4c56)c(-c3cccc4c3oc3ccccc34)nc2c1. The number of rotatable bonds is 2. The van der Waals surface area contributed by atoms with E-state index in [9.17, 15) is 0 Å². The molecule has 0 saturated carbocycles. The van der Waals surface area contributed by atoms with Gasteiger partial charge in [0.2, 0.25) is 0 Å². The molecule has 0 unspecified atom stereocenters. The first-order valence-corrected chi connectivity index (χ1v) is 15.1. The summed E-state index contributed by atoms with van der Waals surface area (Å²) in [7, 11) is 0. The first kappa shape index (κ1) is 23.3. The molecule has 0 aliphatic carbocycles. The highest BCUT2D eigenvalue weighted by molar-refractivity contribution is 6.33. The zero-order valence-electron chi connectivity index (χ0n) is 23.8. The van der Waals surface area contributed by atoms with E-state index in [1.54, 1.807) is 0 Å². The summed E-state index contributed by atoms with van der Waals surface area (Å²) in [5, 5.41) is 8.97. The van der Waals surface area contributed by atoms with Crippen molar-refractivity contribution in [2.75, 3.05) is 0 Å². The second kappa shape index (κ2) is 8.24. The molecular weight excluding hydrogens is 554 g/mol. The van der Waals surface area contributed by atoms with E-state index in [2.05, 4.69) is 89.5 Å². The van der Waals surface area contributed by atoms with Gasteiger partial charge in [-0.2, -0.15) is 0 Å². The van der Waals surface area contributed by atoms with Crippen LogP contribution in [0.15, 0.2) is 136 Å². The number of para-hydroxylation sites is 4. The number of aromatic nitrogens is 3. The summed E-state index contributed by atoms with van der Waals surface area (Å²) in [4.78, 5) is 10.7. The minimum Gasteiger partial charge on any atom is -0.456 e. The van der Waals surface area contributed by atoms with Crippen LogP contribution in [0.1, 0.15) is 0 Å². The molecule has 0 atom stereocenters. The lowest BCUT2D eigenvalue weighted by Gasteiger charge is -2.14. The predicted molar refractivity (Wildman–Crippen MR) is 183 cm³/mol. The van der Waals surface area contributed by atoms with Gasteiger partial charge < -0.3 is 8.83 Å². The van der Waals surface area contributed by atoms with Gasteiger partial charge in [-0.1, -0.05) is 78.9 Å². The summed E-state index contributed by atoms with van der Waals surface area (Å²) in [5.41, 5.74) is 8.84. The van der Waals surface area contributed by atoms with Gasteiger partial charge in [0.05, 0.1) is 22.1 Å². The van der Waals surface area contributed by atoms with Gasteiger partial charge >= 0.3 is 0 Å². The Morgan fingerprint density at radius 1 is 0.444 bits per heavy atom. The largest absolute Gasteiger partial charge is 0.456 e. The van der Waals surface area contributed by atoms with Crippen LogP contribution in [-0.2, 0) is 0 Å². The Labute approximate surface area is 254 Å². The van der Waals surface area contributed by atoms with Crippen molar-refractivity contribution in [1.29, 1.82) is 0 Å². The standard InChI is InChI=1S/C40H21N3O2/c1-4-15-31-24(10-1)25-11-7-12-26(39(25)45-31)38-40(42-28-14-3-2-13-27(28)41-38)43-29-20-18-22-8-5-16-32-34(22)36(29)37-30(43)21-19-23-9-6-17-33(44-32)35(23)37/h1-21H. The van der Waals surface area contributed by atoms with Crippen molar-refractivity contribution in [1.82, 2.24) is 14.5 Å². The van der Waals surface area contributed by atoms with Crippen LogP contribution < -0.4 is 0 Å². The first-order valence-electron chi connectivity index (χ1n) is 15.1. The Morgan fingerprint density at radius 2 is 1.04 bits per heavy atom. The average Bonchev–Trinajstić information content (AvgIpc) is 3.59. The highest BCUT2D eigenvalue weighted by Gasteiger charge is 2.25. The first-order chi connectivity index (χ1) is 22.3. The van der Waals surface area contributed by atoms with Crippen LogP contribution in [0.3, 0.4) is 0 Å². The fourth-order valence-corrected chi connectivity index (χ4v) is 7.46. The number of benzene rings is 7. The summed E-state index contributed by atoms with van der Waals surface area (Å²) in [5.74, 6) is 0.761. The van der Waals surface area contributed by atoms with E-state index in [0.29, 0.717) is 0 Å². The summed E-state index contributed by atoms with van der Waals surface area (Å²) in [6.45, 7) is 0. The molecule has 0 amide bonds. The van der Waals surface area contributed by atoms with Crippen molar-refractivity contribution in [3.05, 3.63) is 127 Å². The van der Waals surface area contributed by atoms with Gasteiger partial charge in [-0.15, -0.1) is 0 Å². The van der Waals surface area contributed by atoms with Gasteiger partial charge in [0, 0.05) is 37.9 Å². The van der Waals surface area contributed by atoms with E-state index in [0.717, 1.165) is 105 Å². The zero-order chi connectivity index (χ0) is 29.2. The maximum Gasteiger partial charge on any atom is 0.165 e. The van der Waals surface area contributed by atoms with E-state index in [1.807, 2.05) is 42.5 Å². The summed E-state index contributed by atoms with van der Waals surface area (Å²) < 4.78 is 15.5. The highest BCUT2D eigenvalue weighted by Crippen LogP contribution is 2.46. The summed E-state index contributed by atoms with van der Waals surface area (Å²) in [6, 6.07) is 43.9. The molecule has 0 aliphatic rings. The molecule has 208 valence electrons. The molecule has 11 aromatic rings. The van der Waals surface area contributed by atoms with Gasteiger partial charge in [-0.25, -0.2) is 9.97 Å². The maximum absolute atomic E-state index is 6.64. The van der Waals surface area contributed by atoms with E-state index >= 15 is 0 Å². The molecule has 7 aromatic carbocycles. The van der Waals surface area contributed by atoms with Gasteiger partial charge in [0.25, 0.3) is 0 Å². The second-order valence-electron chi connectivity index (χ2n) is 11.7. The monoisotopic (exact) mass is 575 g/mol. The molecule has 4 aromatic heterocycles. The van der Waals surface area contributed by atoms with E-state index in [1.165, 1.54) is 0 Å². The maximum atomic E-state index is 6.64. The lowest BCUT2D eigenvalue weighted by molar-refractivity contribution is 0.664. The number of nitrogens with zero attached hydrogens (tertiary/aromatic N) is 3. The third kappa shape index (κ3) is 2.97. The van der Waals surface area contributed by atoms with Crippen molar-refractivity contribution in [3.8, 4) is 17.1 Å². The molecule has 11 rings (SSSR count). The Bertz CT molecular complexity index is 2890. The Morgan fingerprint density at radius 3 is 1.78 bits per heavy atom. The van der Waals surface area contributed by atoms with Gasteiger partial charge in [-0.3, -0.25) is 4.57 Å². The van der Waals surface area contributed by atoms with Crippen LogP contribution in [0.2, 0.25) is 0 Å². The smallest absolute Gasteiger partial charge is 0.165 e. The minimum absolute atomic E-state index is 0.761. The third-order valence-electron chi connectivity index (χ3n) is 9.35. The zero-order valence-corrected chi connectivity index (χ0v) is 23.8.